The lowest BCUT2D eigenvalue weighted by Crippen LogP contribution is -1.85. The molecule has 0 spiro atoms. The molecule has 0 saturated heterocycles. The minimum atomic E-state index is 0.918. The van der Waals surface area contributed by atoms with E-state index in [0.717, 1.165) is 16.6 Å². The van der Waals surface area contributed by atoms with Crippen molar-refractivity contribution in [1.82, 2.24) is 0 Å². The summed E-state index contributed by atoms with van der Waals surface area (Å²) < 4.78 is 6.31. The monoisotopic (exact) mass is 484 g/mol. The van der Waals surface area contributed by atoms with Crippen molar-refractivity contribution >= 4 is 54.3 Å². The van der Waals surface area contributed by atoms with E-state index in [-0.39, 0.29) is 0 Å². The summed E-state index contributed by atoms with van der Waals surface area (Å²) in [5.74, 6) is 0. The zero-order chi connectivity index (χ0) is 25.2. The topological polar surface area (TPSA) is 13.1 Å². The molecule has 0 N–H and O–H groups in total. The van der Waals surface area contributed by atoms with Gasteiger partial charge in [0.05, 0.1) is 0 Å². The maximum atomic E-state index is 6.31. The van der Waals surface area contributed by atoms with Gasteiger partial charge in [0.1, 0.15) is 11.2 Å². The molecule has 0 unspecified atom stereocenters. The molecular weight excluding hydrogens is 460 g/mol. The van der Waals surface area contributed by atoms with Gasteiger partial charge in [-0.25, -0.2) is 0 Å². The summed E-state index contributed by atoms with van der Waals surface area (Å²) in [6, 6.07) is 46.0. The molecule has 1 nitrogen and oxygen atoms in total. The van der Waals surface area contributed by atoms with Crippen LogP contribution in [0.2, 0.25) is 0 Å². The molecule has 0 amide bonds. The van der Waals surface area contributed by atoms with E-state index in [1.165, 1.54) is 65.5 Å². The lowest BCUT2D eigenvalue weighted by atomic mass is 9.91. The Morgan fingerprint density at radius 2 is 1.00 bits per heavy atom. The van der Waals surface area contributed by atoms with Crippen molar-refractivity contribution in [2.75, 3.05) is 0 Å². The lowest BCUT2D eigenvalue weighted by molar-refractivity contribution is 0.669. The second kappa shape index (κ2) is 8.06. The molecule has 1 heterocycles. The number of hydrogen-bond acceptors (Lipinski definition) is 1. The summed E-state index contributed by atoms with van der Waals surface area (Å²) in [5, 5.41) is 10.1. The Balaban J connectivity index is 1.39. The summed E-state index contributed by atoms with van der Waals surface area (Å²) in [6.45, 7) is 2.14. The fourth-order valence-corrected chi connectivity index (χ4v) is 6.15. The normalized spacial score (nSPS) is 11.8. The van der Waals surface area contributed by atoms with Gasteiger partial charge in [-0.05, 0) is 85.8 Å². The van der Waals surface area contributed by atoms with Crippen LogP contribution in [0.3, 0.4) is 0 Å². The Hall–Kier alpha value is -4.88. The standard InChI is InChI=1S/C37H24O/c1-23-8-6-9-26(20-23)27-14-7-15-36-37(27)34-22-25(17-19-35(34)38-36)24-16-18-32-30-12-3-2-10-28(30)29-11-4-5-13-31(29)33(32)21-24/h2-22H,1H3. The van der Waals surface area contributed by atoms with E-state index in [9.17, 15) is 0 Å². The zero-order valence-corrected chi connectivity index (χ0v) is 21.0. The Morgan fingerprint density at radius 3 is 1.71 bits per heavy atom. The highest BCUT2D eigenvalue weighted by Crippen LogP contribution is 2.40. The van der Waals surface area contributed by atoms with Crippen molar-refractivity contribution in [3.05, 3.63) is 133 Å². The van der Waals surface area contributed by atoms with Gasteiger partial charge in [-0.1, -0.05) is 109 Å². The third-order valence-electron chi connectivity index (χ3n) is 7.90. The van der Waals surface area contributed by atoms with Gasteiger partial charge in [0, 0.05) is 10.8 Å². The molecule has 0 aliphatic carbocycles. The second-order valence-corrected chi connectivity index (χ2v) is 10.2. The van der Waals surface area contributed by atoms with Crippen molar-refractivity contribution in [3.63, 3.8) is 0 Å². The minimum absolute atomic E-state index is 0.918. The molecule has 7 aromatic carbocycles. The predicted molar refractivity (Wildman–Crippen MR) is 162 cm³/mol. The summed E-state index contributed by atoms with van der Waals surface area (Å²) in [5.41, 5.74) is 7.92. The highest BCUT2D eigenvalue weighted by molar-refractivity contribution is 6.25. The number of rotatable bonds is 2. The van der Waals surface area contributed by atoms with Gasteiger partial charge in [-0.3, -0.25) is 0 Å². The van der Waals surface area contributed by atoms with Crippen LogP contribution < -0.4 is 0 Å². The molecule has 1 heteroatoms. The smallest absolute Gasteiger partial charge is 0.136 e. The van der Waals surface area contributed by atoms with Crippen LogP contribution in [0.4, 0.5) is 0 Å². The number of benzene rings is 7. The summed E-state index contributed by atoms with van der Waals surface area (Å²) in [6.07, 6.45) is 0. The second-order valence-electron chi connectivity index (χ2n) is 10.2. The first-order valence-electron chi connectivity index (χ1n) is 13.1. The van der Waals surface area contributed by atoms with Gasteiger partial charge < -0.3 is 4.42 Å². The first-order chi connectivity index (χ1) is 18.7. The Kier molecular flexibility index (Phi) is 4.50. The van der Waals surface area contributed by atoms with Crippen molar-refractivity contribution in [2.24, 2.45) is 0 Å². The molecule has 0 atom stereocenters. The minimum Gasteiger partial charge on any atom is -0.456 e. The molecule has 178 valence electrons. The average Bonchev–Trinajstić information content (AvgIpc) is 3.35. The fourth-order valence-electron chi connectivity index (χ4n) is 6.15. The molecule has 8 aromatic rings. The molecule has 0 saturated carbocycles. The van der Waals surface area contributed by atoms with Crippen LogP contribution in [-0.4, -0.2) is 0 Å². The number of aryl methyl sites for hydroxylation is 1. The maximum absolute atomic E-state index is 6.31. The van der Waals surface area contributed by atoms with Crippen molar-refractivity contribution in [1.29, 1.82) is 0 Å². The third-order valence-corrected chi connectivity index (χ3v) is 7.90. The highest BCUT2D eigenvalue weighted by atomic mass is 16.3. The van der Waals surface area contributed by atoms with Crippen LogP contribution in [0.5, 0.6) is 0 Å². The molecule has 0 fully saturated rings. The predicted octanol–water partition coefficient (Wildman–Crippen LogP) is 10.7. The maximum Gasteiger partial charge on any atom is 0.136 e. The summed E-state index contributed by atoms with van der Waals surface area (Å²) >= 11 is 0. The van der Waals surface area contributed by atoms with Crippen molar-refractivity contribution in [3.8, 4) is 22.3 Å². The van der Waals surface area contributed by atoms with E-state index in [4.69, 9.17) is 4.42 Å². The molecule has 0 bridgehead atoms. The quantitative estimate of drug-likeness (QED) is 0.222. The van der Waals surface area contributed by atoms with E-state index in [2.05, 4.69) is 134 Å². The van der Waals surface area contributed by atoms with E-state index < -0.39 is 0 Å². The highest BCUT2D eigenvalue weighted by Gasteiger charge is 2.15. The molecule has 1 aromatic heterocycles. The fraction of sp³-hybridized carbons (Fsp3) is 0.0270. The van der Waals surface area contributed by atoms with Crippen molar-refractivity contribution < 1.29 is 4.42 Å². The van der Waals surface area contributed by atoms with Crippen LogP contribution in [0.1, 0.15) is 5.56 Å². The van der Waals surface area contributed by atoms with Crippen LogP contribution in [-0.2, 0) is 0 Å². The zero-order valence-electron chi connectivity index (χ0n) is 21.0. The van der Waals surface area contributed by atoms with Gasteiger partial charge in [0.25, 0.3) is 0 Å². The third kappa shape index (κ3) is 3.12. The van der Waals surface area contributed by atoms with Gasteiger partial charge >= 0.3 is 0 Å². The largest absolute Gasteiger partial charge is 0.456 e. The van der Waals surface area contributed by atoms with Crippen LogP contribution in [0, 0.1) is 6.92 Å². The van der Waals surface area contributed by atoms with Gasteiger partial charge in [-0.2, -0.15) is 0 Å². The molecular formula is C37H24O. The number of furan rings is 1. The molecule has 0 aliphatic heterocycles. The number of fused-ring (bicyclic) bond motifs is 9. The van der Waals surface area contributed by atoms with E-state index >= 15 is 0 Å². The Labute approximate surface area is 220 Å². The lowest BCUT2D eigenvalue weighted by Gasteiger charge is -2.12. The van der Waals surface area contributed by atoms with E-state index in [0.29, 0.717) is 0 Å². The van der Waals surface area contributed by atoms with Gasteiger partial charge in [-0.15, -0.1) is 0 Å². The van der Waals surface area contributed by atoms with Gasteiger partial charge in [0.15, 0.2) is 0 Å². The molecule has 38 heavy (non-hydrogen) atoms. The average molecular weight is 485 g/mol. The number of hydrogen-bond donors (Lipinski definition) is 0. The van der Waals surface area contributed by atoms with Crippen LogP contribution in [0.15, 0.2) is 132 Å². The molecule has 0 aliphatic rings. The van der Waals surface area contributed by atoms with E-state index in [1.54, 1.807) is 0 Å². The van der Waals surface area contributed by atoms with E-state index in [1.807, 2.05) is 0 Å². The molecule has 8 rings (SSSR count). The first-order valence-corrected chi connectivity index (χ1v) is 13.1. The van der Waals surface area contributed by atoms with Crippen LogP contribution in [0.25, 0.3) is 76.5 Å². The van der Waals surface area contributed by atoms with Gasteiger partial charge in [0.2, 0.25) is 0 Å². The Bertz CT molecular complexity index is 2160. The summed E-state index contributed by atoms with van der Waals surface area (Å²) in [4.78, 5) is 0. The SMILES string of the molecule is Cc1cccc(-c2cccc3oc4ccc(-c5ccc6c7ccccc7c7ccccc7c6c5)cc4c23)c1. The molecule has 0 radical (unpaired) electrons. The van der Waals surface area contributed by atoms with Crippen molar-refractivity contribution in [2.45, 2.75) is 6.92 Å². The first kappa shape index (κ1) is 21.2. The summed E-state index contributed by atoms with van der Waals surface area (Å²) in [7, 11) is 0. The Morgan fingerprint density at radius 1 is 0.395 bits per heavy atom. The van der Waals surface area contributed by atoms with Crippen LogP contribution >= 0.6 is 0 Å².